The average molecular weight is 879 g/mol. The molecular weight excluding hydrogens is 797 g/mol. The van der Waals surface area contributed by atoms with Crippen molar-refractivity contribution >= 4 is 28.4 Å². The van der Waals surface area contributed by atoms with Gasteiger partial charge < -0.3 is 9.80 Å². The van der Waals surface area contributed by atoms with Crippen molar-refractivity contribution in [2.75, 3.05) is 9.80 Å². The van der Waals surface area contributed by atoms with Crippen LogP contribution in [0.25, 0.3) is 0 Å². The standard InChI is InChI=1S/C64H82N2/c1-41-35-45(65(42-23-26-50-53(38-42)61(8,9)32-29-58(50,2)3)43-24-27-51-54(39-43)62(10,11)33-30-59(51,4)5)37-46(36-41)66(44-25-28-52-55(40-44)63(12,13)34-31-60(52,6)7)56-22-18-20-48-47-19-16-17-21-49(47)64(14,15)57(48)56/h17,21,23-28,35-40,48H,16,18-20,22,29-34H2,1-15H3. The largest absolute Gasteiger partial charge is 0.314 e. The zero-order chi connectivity index (χ0) is 47.1. The predicted molar refractivity (Wildman–Crippen MR) is 284 cm³/mol. The molecule has 66 heavy (non-hydrogen) atoms. The lowest BCUT2D eigenvalue weighted by Gasteiger charge is -2.44. The number of aryl methyl sites for hydroxylation is 1. The van der Waals surface area contributed by atoms with Crippen LogP contribution in [0.5, 0.6) is 0 Å². The fourth-order valence-corrected chi connectivity index (χ4v) is 14.2. The van der Waals surface area contributed by atoms with E-state index in [1.54, 1.807) is 16.7 Å². The van der Waals surface area contributed by atoms with Crippen LogP contribution < -0.4 is 9.80 Å². The summed E-state index contributed by atoms with van der Waals surface area (Å²) >= 11 is 0. The Bertz CT molecular complexity index is 2650. The smallest absolute Gasteiger partial charge is 0.0485 e. The molecule has 2 nitrogen and oxygen atoms in total. The molecule has 1 atom stereocenters. The highest BCUT2D eigenvalue weighted by atomic mass is 15.2. The molecule has 0 aromatic heterocycles. The van der Waals surface area contributed by atoms with Crippen LogP contribution in [-0.4, -0.2) is 0 Å². The number of benzene rings is 4. The minimum atomic E-state index is -0.0213. The molecule has 1 unspecified atom stereocenters. The lowest BCUT2D eigenvalue weighted by Crippen LogP contribution is -2.34. The maximum atomic E-state index is 2.77. The van der Waals surface area contributed by atoms with Gasteiger partial charge in [-0.3, -0.25) is 0 Å². The third-order valence-corrected chi connectivity index (χ3v) is 18.7. The molecule has 0 saturated carbocycles. The zero-order valence-corrected chi connectivity index (χ0v) is 43.8. The van der Waals surface area contributed by atoms with Crippen LogP contribution in [0.1, 0.15) is 207 Å². The van der Waals surface area contributed by atoms with Gasteiger partial charge in [0, 0.05) is 45.5 Å². The molecule has 0 spiro atoms. The maximum Gasteiger partial charge on any atom is 0.0485 e. The quantitative estimate of drug-likeness (QED) is 0.190. The van der Waals surface area contributed by atoms with Crippen molar-refractivity contribution in [2.24, 2.45) is 11.3 Å². The van der Waals surface area contributed by atoms with E-state index in [9.17, 15) is 0 Å². The van der Waals surface area contributed by atoms with E-state index in [4.69, 9.17) is 0 Å². The van der Waals surface area contributed by atoms with Gasteiger partial charge in [-0.1, -0.05) is 133 Å². The van der Waals surface area contributed by atoms with Gasteiger partial charge in [-0.2, -0.15) is 0 Å². The van der Waals surface area contributed by atoms with Gasteiger partial charge in [-0.25, -0.2) is 0 Å². The van der Waals surface area contributed by atoms with Gasteiger partial charge in [0.1, 0.15) is 0 Å². The molecule has 0 aliphatic heterocycles. The van der Waals surface area contributed by atoms with E-state index in [1.807, 2.05) is 0 Å². The Labute approximate surface area is 401 Å². The van der Waals surface area contributed by atoms with Gasteiger partial charge in [-0.15, -0.1) is 0 Å². The number of nitrogens with zero attached hydrogens (tertiary/aromatic N) is 2. The molecular formula is C64H82N2. The second kappa shape index (κ2) is 15.1. The monoisotopic (exact) mass is 879 g/mol. The van der Waals surface area contributed by atoms with Crippen molar-refractivity contribution in [3.05, 3.63) is 146 Å². The number of fused-ring (bicyclic) bond motifs is 5. The topological polar surface area (TPSA) is 6.48 Å². The summed E-state index contributed by atoms with van der Waals surface area (Å²) in [7, 11) is 0. The summed E-state index contributed by atoms with van der Waals surface area (Å²) in [6, 6.07) is 30.2. The maximum absolute atomic E-state index is 2.77. The predicted octanol–water partition coefficient (Wildman–Crippen LogP) is 18.4. The second-order valence-corrected chi connectivity index (χ2v) is 26.5. The molecule has 4 aromatic carbocycles. The Morgan fingerprint density at radius 2 is 0.848 bits per heavy atom. The minimum absolute atomic E-state index is 0.0213. The summed E-state index contributed by atoms with van der Waals surface area (Å²) in [5.41, 5.74) is 24.0. The highest BCUT2D eigenvalue weighted by molar-refractivity contribution is 5.83. The molecule has 0 bridgehead atoms. The third kappa shape index (κ3) is 7.23. The van der Waals surface area contributed by atoms with E-state index in [1.165, 1.54) is 137 Å². The first-order valence-corrected chi connectivity index (χ1v) is 26.1. The van der Waals surface area contributed by atoms with Crippen LogP contribution in [-0.2, 0) is 32.5 Å². The number of anilines is 5. The Kier molecular flexibility index (Phi) is 10.4. The minimum Gasteiger partial charge on any atom is -0.314 e. The molecule has 0 N–H and O–H groups in total. The first kappa shape index (κ1) is 45.5. The molecule has 0 amide bonds. The summed E-state index contributed by atoms with van der Waals surface area (Å²) < 4.78 is 0. The molecule has 0 heterocycles. The zero-order valence-electron chi connectivity index (χ0n) is 43.8. The molecule has 2 heteroatoms. The van der Waals surface area contributed by atoms with Gasteiger partial charge in [0.15, 0.2) is 0 Å². The number of hydrogen-bond acceptors (Lipinski definition) is 2. The Morgan fingerprint density at radius 3 is 1.30 bits per heavy atom. The molecule has 10 rings (SSSR count). The summed E-state index contributed by atoms with van der Waals surface area (Å²) in [6.45, 7) is 37.0. The van der Waals surface area contributed by atoms with E-state index < -0.39 is 0 Å². The molecule has 6 aliphatic carbocycles. The van der Waals surface area contributed by atoms with E-state index >= 15 is 0 Å². The van der Waals surface area contributed by atoms with Crippen molar-refractivity contribution in [1.82, 2.24) is 0 Å². The van der Waals surface area contributed by atoms with Crippen LogP contribution in [0.4, 0.5) is 28.4 Å². The van der Waals surface area contributed by atoms with Crippen molar-refractivity contribution < 1.29 is 0 Å². The van der Waals surface area contributed by atoms with Crippen LogP contribution in [0, 0.1) is 18.3 Å². The highest BCUT2D eigenvalue weighted by Crippen LogP contribution is 2.60. The molecule has 0 radical (unpaired) electrons. The fourth-order valence-electron chi connectivity index (χ4n) is 14.2. The Morgan fingerprint density at radius 1 is 0.439 bits per heavy atom. The number of hydrogen-bond donors (Lipinski definition) is 0. The molecule has 4 aromatic rings. The summed E-state index contributed by atoms with van der Waals surface area (Å²) in [4.78, 5) is 5.41. The van der Waals surface area contributed by atoms with Crippen LogP contribution in [0.3, 0.4) is 0 Å². The lowest BCUT2D eigenvalue weighted by atomic mass is 9.63. The van der Waals surface area contributed by atoms with Gasteiger partial charge in [0.2, 0.25) is 0 Å². The third-order valence-electron chi connectivity index (χ3n) is 18.7. The van der Waals surface area contributed by atoms with Gasteiger partial charge in [0.25, 0.3) is 0 Å². The van der Waals surface area contributed by atoms with Gasteiger partial charge >= 0.3 is 0 Å². The lowest BCUT2D eigenvalue weighted by molar-refractivity contribution is 0.332. The van der Waals surface area contributed by atoms with Crippen LogP contribution >= 0.6 is 0 Å². The Hall–Kier alpha value is -4.30. The number of rotatable bonds is 6. The van der Waals surface area contributed by atoms with E-state index in [-0.39, 0.29) is 37.9 Å². The van der Waals surface area contributed by atoms with Gasteiger partial charge in [0.05, 0.1) is 0 Å². The van der Waals surface area contributed by atoms with Gasteiger partial charge in [-0.05, 0) is 215 Å². The van der Waals surface area contributed by atoms with E-state index in [2.05, 4.69) is 199 Å². The van der Waals surface area contributed by atoms with Crippen molar-refractivity contribution in [2.45, 2.75) is 207 Å². The van der Waals surface area contributed by atoms with Crippen molar-refractivity contribution in [3.8, 4) is 0 Å². The summed E-state index contributed by atoms with van der Waals surface area (Å²) in [5.74, 6) is 0.520. The Balaban J connectivity index is 1.23. The SMILES string of the molecule is Cc1cc(N(C2=C3C(CCC2)C2=C(C=CCC2)C3(C)C)c2ccc3c(c2)C(C)(C)CCC3(C)C)cc(N(c2ccc3c(c2)C(C)(C)CCC3(C)C)c2ccc3c(c2)C(C)(C)CCC3(C)C)c1. The summed E-state index contributed by atoms with van der Waals surface area (Å²) in [5, 5.41) is 0. The van der Waals surface area contributed by atoms with Crippen LogP contribution in [0.15, 0.2) is 107 Å². The highest BCUT2D eigenvalue weighted by Gasteiger charge is 2.48. The fraction of sp³-hybridized carbons (Fsp3) is 0.531. The molecule has 0 saturated heterocycles. The first-order valence-electron chi connectivity index (χ1n) is 26.1. The molecule has 0 fully saturated rings. The molecule has 6 aliphatic rings. The van der Waals surface area contributed by atoms with Crippen molar-refractivity contribution in [1.29, 1.82) is 0 Å². The number of allylic oxidation sites excluding steroid dienone is 6. The van der Waals surface area contributed by atoms with Crippen LogP contribution in [0.2, 0.25) is 0 Å². The van der Waals surface area contributed by atoms with E-state index in [0.717, 1.165) is 6.42 Å². The first-order chi connectivity index (χ1) is 30.8. The average Bonchev–Trinajstić information content (AvgIpc) is 3.49. The molecule has 348 valence electrons. The van der Waals surface area contributed by atoms with Crippen molar-refractivity contribution in [3.63, 3.8) is 0 Å². The van der Waals surface area contributed by atoms with E-state index in [0.29, 0.717) is 5.92 Å². The normalized spacial score (nSPS) is 24.4. The second-order valence-electron chi connectivity index (χ2n) is 26.5. The summed E-state index contributed by atoms with van der Waals surface area (Å²) in [6.07, 6.45) is 18.1.